The lowest BCUT2D eigenvalue weighted by Gasteiger charge is -2.32. The maximum absolute atomic E-state index is 13.5. The molecule has 1 heterocycles. The third-order valence-corrected chi connectivity index (χ3v) is 4.17. The number of anilines is 2. The van der Waals surface area contributed by atoms with Gasteiger partial charge in [0, 0.05) is 19.5 Å². The summed E-state index contributed by atoms with van der Waals surface area (Å²) in [5, 5.41) is 2.47. The Morgan fingerprint density at radius 2 is 2.00 bits per heavy atom. The van der Waals surface area contributed by atoms with Gasteiger partial charge in [0.05, 0.1) is 34.6 Å². The molecule has 0 saturated carbocycles. The molecule has 1 aromatic rings. The van der Waals surface area contributed by atoms with Crippen LogP contribution in [0.4, 0.5) is 24.5 Å². The highest BCUT2D eigenvalue weighted by Gasteiger charge is 2.38. The SMILES string of the molecule is CCC(=O)Nc1ccc(N2CCOCC2)c(C(F)(F)F)c1Br. The predicted molar refractivity (Wildman–Crippen MR) is 81.1 cm³/mol. The largest absolute Gasteiger partial charge is 0.419 e. The van der Waals surface area contributed by atoms with Crippen molar-refractivity contribution in [1.82, 2.24) is 0 Å². The fraction of sp³-hybridized carbons (Fsp3) is 0.500. The molecule has 1 amide bonds. The lowest BCUT2D eigenvalue weighted by Crippen LogP contribution is -2.37. The molecule has 0 unspecified atom stereocenters. The van der Waals surface area contributed by atoms with Crippen LogP contribution in [0.5, 0.6) is 0 Å². The summed E-state index contributed by atoms with van der Waals surface area (Å²) in [6, 6.07) is 2.88. The summed E-state index contributed by atoms with van der Waals surface area (Å²) in [7, 11) is 0. The van der Waals surface area contributed by atoms with Crippen molar-refractivity contribution in [2.75, 3.05) is 36.5 Å². The van der Waals surface area contributed by atoms with E-state index in [-0.39, 0.29) is 28.2 Å². The number of alkyl halides is 3. The smallest absolute Gasteiger partial charge is 0.378 e. The van der Waals surface area contributed by atoms with Gasteiger partial charge in [0.1, 0.15) is 0 Å². The van der Waals surface area contributed by atoms with Gasteiger partial charge < -0.3 is 15.0 Å². The van der Waals surface area contributed by atoms with Crippen molar-refractivity contribution >= 4 is 33.2 Å². The molecule has 1 aliphatic rings. The molecule has 122 valence electrons. The number of carbonyl (C=O) groups excluding carboxylic acids is 1. The summed E-state index contributed by atoms with van der Waals surface area (Å²) in [5.41, 5.74) is -0.559. The number of ether oxygens (including phenoxy) is 1. The second kappa shape index (κ2) is 6.87. The molecule has 1 aliphatic heterocycles. The maximum atomic E-state index is 13.5. The molecule has 0 spiro atoms. The molecule has 22 heavy (non-hydrogen) atoms. The van der Waals surface area contributed by atoms with Gasteiger partial charge in [0.25, 0.3) is 0 Å². The Morgan fingerprint density at radius 3 is 2.55 bits per heavy atom. The van der Waals surface area contributed by atoms with Crippen LogP contribution in [0.25, 0.3) is 0 Å². The highest BCUT2D eigenvalue weighted by Crippen LogP contribution is 2.44. The molecular formula is C14H16BrF3N2O2. The Morgan fingerprint density at radius 1 is 1.36 bits per heavy atom. The lowest BCUT2D eigenvalue weighted by atomic mass is 10.1. The van der Waals surface area contributed by atoms with Gasteiger partial charge in [-0.25, -0.2) is 0 Å². The monoisotopic (exact) mass is 380 g/mol. The highest BCUT2D eigenvalue weighted by molar-refractivity contribution is 9.10. The summed E-state index contributed by atoms with van der Waals surface area (Å²) in [5.74, 6) is -0.340. The first-order valence-corrected chi connectivity index (χ1v) is 7.66. The second-order valence-corrected chi connectivity index (χ2v) is 5.61. The molecule has 1 fully saturated rings. The molecule has 1 saturated heterocycles. The Labute approximate surface area is 134 Å². The normalized spacial score (nSPS) is 15.8. The van der Waals surface area contributed by atoms with E-state index >= 15 is 0 Å². The Hall–Kier alpha value is -1.28. The fourth-order valence-corrected chi connectivity index (χ4v) is 2.90. The van der Waals surface area contributed by atoms with E-state index in [4.69, 9.17) is 4.74 Å². The standard InChI is InChI=1S/C14H16BrF3N2O2/c1-2-11(21)19-9-3-4-10(20-5-7-22-8-6-20)12(13(9)15)14(16,17)18/h3-4H,2,5-8H2,1H3,(H,19,21). The van der Waals surface area contributed by atoms with E-state index in [0.717, 1.165) is 0 Å². The van der Waals surface area contributed by atoms with E-state index in [0.29, 0.717) is 26.3 Å². The van der Waals surface area contributed by atoms with Crippen molar-refractivity contribution in [2.24, 2.45) is 0 Å². The minimum absolute atomic E-state index is 0.0946. The van der Waals surface area contributed by atoms with Crippen molar-refractivity contribution < 1.29 is 22.7 Å². The van der Waals surface area contributed by atoms with Crippen molar-refractivity contribution in [3.8, 4) is 0 Å². The quantitative estimate of drug-likeness (QED) is 0.869. The number of nitrogens with one attached hydrogen (secondary N) is 1. The molecule has 8 heteroatoms. The minimum atomic E-state index is -4.53. The van der Waals surface area contributed by atoms with E-state index in [1.54, 1.807) is 11.8 Å². The number of nitrogens with zero attached hydrogens (tertiary/aromatic N) is 1. The van der Waals surface area contributed by atoms with Crippen LogP contribution in [0.15, 0.2) is 16.6 Å². The van der Waals surface area contributed by atoms with E-state index in [1.165, 1.54) is 12.1 Å². The van der Waals surface area contributed by atoms with E-state index in [9.17, 15) is 18.0 Å². The summed E-state index contributed by atoms with van der Waals surface area (Å²) in [6.45, 7) is 3.22. The van der Waals surface area contributed by atoms with Gasteiger partial charge >= 0.3 is 6.18 Å². The van der Waals surface area contributed by atoms with Crippen molar-refractivity contribution in [2.45, 2.75) is 19.5 Å². The zero-order valence-electron chi connectivity index (χ0n) is 12.0. The molecule has 4 nitrogen and oxygen atoms in total. The first-order chi connectivity index (χ1) is 10.3. The van der Waals surface area contributed by atoms with Crippen LogP contribution >= 0.6 is 15.9 Å². The molecule has 0 atom stereocenters. The number of carbonyl (C=O) groups is 1. The molecule has 1 N–H and O–H groups in total. The highest BCUT2D eigenvalue weighted by atomic mass is 79.9. The van der Waals surface area contributed by atoms with E-state index in [2.05, 4.69) is 21.2 Å². The second-order valence-electron chi connectivity index (χ2n) is 4.82. The van der Waals surface area contributed by atoms with Gasteiger partial charge in [0.2, 0.25) is 5.91 Å². The van der Waals surface area contributed by atoms with Crippen molar-refractivity contribution in [1.29, 1.82) is 0 Å². The van der Waals surface area contributed by atoms with Gasteiger partial charge in [-0.2, -0.15) is 13.2 Å². The molecule has 0 bridgehead atoms. The van der Waals surface area contributed by atoms with Crippen LogP contribution in [0, 0.1) is 0 Å². The zero-order valence-corrected chi connectivity index (χ0v) is 13.6. The number of morpholine rings is 1. The molecular weight excluding hydrogens is 365 g/mol. The van der Waals surface area contributed by atoms with Crippen LogP contribution in [0.2, 0.25) is 0 Å². The van der Waals surface area contributed by atoms with Crippen LogP contribution in [0.3, 0.4) is 0 Å². The Balaban J connectivity index is 2.46. The topological polar surface area (TPSA) is 41.6 Å². The van der Waals surface area contributed by atoms with Gasteiger partial charge in [-0.1, -0.05) is 6.92 Å². The molecule has 2 rings (SSSR count). The summed E-state index contributed by atoms with van der Waals surface area (Å²) >= 11 is 3.00. The Bertz CT molecular complexity index is 558. The van der Waals surface area contributed by atoms with Crippen LogP contribution in [-0.4, -0.2) is 32.2 Å². The summed E-state index contributed by atoms with van der Waals surface area (Å²) in [6.07, 6.45) is -4.33. The third-order valence-electron chi connectivity index (χ3n) is 3.35. The van der Waals surface area contributed by atoms with Crippen LogP contribution < -0.4 is 10.2 Å². The van der Waals surface area contributed by atoms with Gasteiger partial charge in [0.15, 0.2) is 0 Å². The van der Waals surface area contributed by atoms with Crippen LogP contribution in [-0.2, 0) is 15.7 Å². The molecule has 0 aliphatic carbocycles. The van der Waals surface area contributed by atoms with E-state index in [1.807, 2.05) is 0 Å². The number of hydrogen-bond acceptors (Lipinski definition) is 3. The lowest BCUT2D eigenvalue weighted by molar-refractivity contribution is -0.137. The number of hydrogen-bond donors (Lipinski definition) is 1. The molecule has 1 aromatic carbocycles. The number of halogens is 4. The van der Waals surface area contributed by atoms with Gasteiger partial charge in [-0.05, 0) is 28.1 Å². The Kier molecular flexibility index (Phi) is 5.33. The van der Waals surface area contributed by atoms with Gasteiger partial charge in [-0.15, -0.1) is 0 Å². The number of amides is 1. The van der Waals surface area contributed by atoms with Crippen molar-refractivity contribution in [3.63, 3.8) is 0 Å². The first-order valence-electron chi connectivity index (χ1n) is 6.86. The average Bonchev–Trinajstić information content (AvgIpc) is 2.48. The van der Waals surface area contributed by atoms with Gasteiger partial charge in [-0.3, -0.25) is 4.79 Å². The fourth-order valence-electron chi connectivity index (χ4n) is 2.24. The molecule has 0 radical (unpaired) electrons. The first kappa shape index (κ1) is 17.1. The average molecular weight is 381 g/mol. The van der Waals surface area contributed by atoms with Crippen molar-refractivity contribution in [3.05, 3.63) is 22.2 Å². The predicted octanol–water partition coefficient (Wildman–Crippen LogP) is 3.65. The summed E-state index contributed by atoms with van der Waals surface area (Å²) in [4.78, 5) is 13.1. The maximum Gasteiger partial charge on any atom is 0.419 e. The number of rotatable bonds is 3. The molecule has 0 aromatic heterocycles. The van der Waals surface area contributed by atoms with E-state index < -0.39 is 11.7 Å². The zero-order chi connectivity index (χ0) is 16.3. The van der Waals surface area contributed by atoms with Crippen LogP contribution in [0.1, 0.15) is 18.9 Å². The third kappa shape index (κ3) is 3.73. The minimum Gasteiger partial charge on any atom is -0.378 e. The summed E-state index contributed by atoms with van der Waals surface area (Å²) < 4.78 is 45.4. The number of benzene rings is 1.